The van der Waals surface area contributed by atoms with E-state index in [4.69, 9.17) is 0 Å². The fraction of sp³-hybridized carbons (Fsp3) is 0.300. The quantitative estimate of drug-likeness (QED) is 0.497. The fourth-order valence-corrected chi connectivity index (χ4v) is 4.36. The Hall–Kier alpha value is -3.00. The maximum atomic E-state index is 12.8. The van der Waals surface area contributed by atoms with Crippen molar-refractivity contribution in [2.45, 2.75) is 13.8 Å². The summed E-state index contributed by atoms with van der Waals surface area (Å²) in [4.78, 5) is 32.0. The molecule has 7 nitrogen and oxygen atoms in total. The van der Waals surface area contributed by atoms with Crippen LogP contribution in [-0.4, -0.2) is 46.9 Å². The summed E-state index contributed by atoms with van der Waals surface area (Å²) < 4.78 is 0.804. The Bertz CT molecular complexity index is 1070. The van der Waals surface area contributed by atoms with Gasteiger partial charge in [0.15, 0.2) is 5.13 Å². The van der Waals surface area contributed by atoms with Gasteiger partial charge in [-0.1, -0.05) is 17.4 Å². The first-order chi connectivity index (χ1) is 13.4. The molecule has 0 spiro atoms. The van der Waals surface area contributed by atoms with Gasteiger partial charge in [-0.25, -0.2) is 4.98 Å². The van der Waals surface area contributed by atoms with E-state index in [1.807, 2.05) is 36.9 Å². The summed E-state index contributed by atoms with van der Waals surface area (Å²) in [5.41, 5.74) is 3.86. The lowest BCUT2D eigenvalue weighted by Crippen LogP contribution is -2.48. The maximum absolute atomic E-state index is 12.8. The van der Waals surface area contributed by atoms with Crippen LogP contribution in [0, 0.1) is 24.0 Å². The van der Waals surface area contributed by atoms with Crippen LogP contribution in [0.2, 0.25) is 0 Å². The summed E-state index contributed by atoms with van der Waals surface area (Å²) in [6, 6.07) is 10.6. The van der Waals surface area contributed by atoms with E-state index in [-0.39, 0.29) is 11.6 Å². The molecule has 28 heavy (non-hydrogen) atoms. The third-order valence-corrected chi connectivity index (χ3v) is 6.24. The molecule has 8 heteroatoms. The van der Waals surface area contributed by atoms with Gasteiger partial charge in [0, 0.05) is 43.9 Å². The van der Waals surface area contributed by atoms with Gasteiger partial charge in [-0.05, 0) is 43.2 Å². The van der Waals surface area contributed by atoms with Gasteiger partial charge in [0.25, 0.3) is 11.6 Å². The van der Waals surface area contributed by atoms with Gasteiger partial charge < -0.3 is 9.80 Å². The lowest BCUT2D eigenvalue weighted by molar-refractivity contribution is -0.384. The van der Waals surface area contributed by atoms with Crippen LogP contribution in [-0.2, 0) is 0 Å². The number of piperazine rings is 1. The summed E-state index contributed by atoms with van der Waals surface area (Å²) in [6.45, 7) is 6.69. The number of aromatic nitrogens is 1. The lowest BCUT2D eigenvalue weighted by Gasteiger charge is -2.34. The molecule has 3 aromatic rings. The molecule has 1 fully saturated rings. The molecule has 144 valence electrons. The van der Waals surface area contributed by atoms with E-state index < -0.39 is 4.92 Å². The molecule has 0 aliphatic carbocycles. The van der Waals surface area contributed by atoms with Crippen LogP contribution in [0.1, 0.15) is 21.5 Å². The van der Waals surface area contributed by atoms with Crippen molar-refractivity contribution in [2.24, 2.45) is 0 Å². The number of nitro benzene ring substituents is 1. The Morgan fingerprint density at radius 3 is 2.50 bits per heavy atom. The number of hydrogen-bond acceptors (Lipinski definition) is 6. The molecule has 1 aliphatic rings. The van der Waals surface area contributed by atoms with Crippen LogP contribution in [0.25, 0.3) is 10.2 Å². The van der Waals surface area contributed by atoms with Crippen molar-refractivity contribution in [2.75, 3.05) is 31.1 Å². The maximum Gasteiger partial charge on any atom is 0.270 e. The topological polar surface area (TPSA) is 79.6 Å². The predicted octanol–water partition coefficient (Wildman–Crippen LogP) is 3.78. The third-order valence-electron chi connectivity index (χ3n) is 5.16. The fourth-order valence-electron chi connectivity index (χ4n) is 3.31. The Morgan fingerprint density at radius 1 is 1.07 bits per heavy atom. The molecule has 0 saturated carbocycles. The van der Waals surface area contributed by atoms with Crippen LogP contribution >= 0.6 is 11.3 Å². The predicted molar refractivity (Wildman–Crippen MR) is 110 cm³/mol. The molecule has 2 heterocycles. The molecule has 1 aromatic heterocycles. The molecule has 0 radical (unpaired) electrons. The van der Waals surface area contributed by atoms with Gasteiger partial charge in [-0.2, -0.15) is 0 Å². The van der Waals surface area contributed by atoms with Crippen molar-refractivity contribution in [1.29, 1.82) is 0 Å². The summed E-state index contributed by atoms with van der Waals surface area (Å²) in [5, 5.41) is 11.8. The molecule has 1 saturated heterocycles. The Morgan fingerprint density at radius 2 is 1.82 bits per heavy atom. The number of nitro groups is 1. The number of non-ortho nitro benzene ring substituents is 1. The number of rotatable bonds is 3. The number of carbonyl (C=O) groups is 1. The second kappa shape index (κ2) is 7.20. The second-order valence-corrected chi connectivity index (χ2v) is 7.99. The minimum absolute atomic E-state index is 0.0580. The Balaban J connectivity index is 1.46. The van der Waals surface area contributed by atoms with E-state index in [0.717, 1.165) is 26.5 Å². The largest absolute Gasteiger partial charge is 0.345 e. The normalized spacial score (nSPS) is 14.5. The van der Waals surface area contributed by atoms with Crippen molar-refractivity contribution in [3.63, 3.8) is 0 Å². The van der Waals surface area contributed by atoms with Crippen molar-refractivity contribution in [3.8, 4) is 0 Å². The molecule has 4 rings (SSSR count). The van der Waals surface area contributed by atoms with Gasteiger partial charge in [-0.3, -0.25) is 14.9 Å². The smallest absolute Gasteiger partial charge is 0.270 e. The van der Waals surface area contributed by atoms with E-state index in [1.165, 1.54) is 23.0 Å². The van der Waals surface area contributed by atoms with Gasteiger partial charge in [0.05, 0.1) is 15.1 Å². The van der Waals surface area contributed by atoms with E-state index in [9.17, 15) is 14.9 Å². The number of carbonyl (C=O) groups excluding carboxylic acids is 1. The monoisotopic (exact) mass is 396 g/mol. The third kappa shape index (κ3) is 3.43. The van der Waals surface area contributed by atoms with Gasteiger partial charge in [0.2, 0.25) is 0 Å². The van der Waals surface area contributed by atoms with Crippen LogP contribution in [0.3, 0.4) is 0 Å². The molecule has 0 atom stereocenters. The number of thiazole rings is 1. The van der Waals surface area contributed by atoms with E-state index in [1.54, 1.807) is 12.1 Å². The molecular formula is C20H20N4O3S. The number of amides is 1. The van der Waals surface area contributed by atoms with Crippen molar-refractivity contribution < 1.29 is 9.72 Å². The highest BCUT2D eigenvalue weighted by atomic mass is 32.1. The highest BCUT2D eigenvalue weighted by Gasteiger charge is 2.24. The SMILES string of the molecule is Cc1ccc(C(=O)N2CCN(c3nc4ccc([N+](=O)[O-])cc4s3)CC2)cc1C. The molecule has 0 unspecified atom stereocenters. The average Bonchev–Trinajstić information content (AvgIpc) is 3.13. The lowest BCUT2D eigenvalue weighted by atomic mass is 10.1. The number of benzene rings is 2. The van der Waals surface area contributed by atoms with Crippen molar-refractivity contribution >= 4 is 38.3 Å². The Kier molecular flexibility index (Phi) is 4.72. The summed E-state index contributed by atoms with van der Waals surface area (Å²) in [5.74, 6) is 0.0580. The van der Waals surface area contributed by atoms with Gasteiger partial charge in [0.1, 0.15) is 0 Å². The summed E-state index contributed by atoms with van der Waals surface area (Å²) in [6.07, 6.45) is 0. The zero-order valence-corrected chi connectivity index (χ0v) is 16.5. The van der Waals surface area contributed by atoms with Crippen LogP contribution in [0.5, 0.6) is 0 Å². The number of anilines is 1. The van der Waals surface area contributed by atoms with Crippen LogP contribution < -0.4 is 4.90 Å². The minimum Gasteiger partial charge on any atom is -0.345 e. The first-order valence-electron chi connectivity index (χ1n) is 9.09. The average molecular weight is 396 g/mol. The molecule has 2 aromatic carbocycles. The first kappa shape index (κ1) is 18.4. The van der Waals surface area contributed by atoms with Crippen LogP contribution in [0.4, 0.5) is 10.8 Å². The van der Waals surface area contributed by atoms with E-state index in [2.05, 4.69) is 9.88 Å². The number of fused-ring (bicyclic) bond motifs is 1. The van der Waals surface area contributed by atoms with E-state index in [0.29, 0.717) is 26.2 Å². The highest BCUT2D eigenvalue weighted by Crippen LogP contribution is 2.32. The van der Waals surface area contributed by atoms with Crippen molar-refractivity contribution in [1.82, 2.24) is 9.88 Å². The molecule has 0 N–H and O–H groups in total. The Labute approximate surface area is 166 Å². The number of nitrogens with zero attached hydrogens (tertiary/aromatic N) is 4. The standard InChI is InChI=1S/C20H20N4O3S/c1-13-3-4-15(11-14(13)2)19(25)22-7-9-23(10-8-22)20-21-17-6-5-16(24(26)27)12-18(17)28-20/h3-6,11-12H,7-10H2,1-2H3. The first-order valence-corrected chi connectivity index (χ1v) is 9.90. The number of aryl methyl sites for hydroxylation is 2. The van der Waals surface area contributed by atoms with Crippen molar-refractivity contribution in [3.05, 3.63) is 63.2 Å². The molecular weight excluding hydrogens is 376 g/mol. The zero-order valence-electron chi connectivity index (χ0n) is 15.7. The second-order valence-electron chi connectivity index (χ2n) is 6.98. The molecule has 1 amide bonds. The van der Waals surface area contributed by atoms with E-state index >= 15 is 0 Å². The number of hydrogen-bond donors (Lipinski definition) is 0. The summed E-state index contributed by atoms with van der Waals surface area (Å²) in [7, 11) is 0. The molecule has 1 aliphatic heterocycles. The van der Waals surface area contributed by atoms with Gasteiger partial charge >= 0.3 is 0 Å². The zero-order chi connectivity index (χ0) is 19.8. The van der Waals surface area contributed by atoms with Crippen LogP contribution in [0.15, 0.2) is 36.4 Å². The highest BCUT2D eigenvalue weighted by molar-refractivity contribution is 7.22. The molecule has 0 bridgehead atoms. The van der Waals surface area contributed by atoms with Gasteiger partial charge in [-0.15, -0.1) is 0 Å². The summed E-state index contributed by atoms with van der Waals surface area (Å²) >= 11 is 1.45. The minimum atomic E-state index is -0.393.